The number of benzene rings is 1. The maximum absolute atomic E-state index is 12.5. The Balaban J connectivity index is 2.29. The molecule has 2 rings (SSSR count). The summed E-state index contributed by atoms with van der Waals surface area (Å²) in [5.41, 5.74) is 7.76. The van der Waals surface area contributed by atoms with Crippen molar-refractivity contribution in [3.8, 4) is 0 Å². The quantitative estimate of drug-likeness (QED) is 0.837. The summed E-state index contributed by atoms with van der Waals surface area (Å²) < 4.78 is 27.8. The van der Waals surface area contributed by atoms with Crippen LogP contribution in [0.25, 0.3) is 0 Å². The molecule has 106 valence electrons. The monoisotopic (exact) mass is 282 g/mol. The molecule has 0 bridgehead atoms. The average molecular weight is 282 g/mol. The Morgan fingerprint density at radius 2 is 1.63 bits per heavy atom. The minimum absolute atomic E-state index is 0.0788. The van der Waals surface area contributed by atoms with Crippen molar-refractivity contribution >= 4 is 15.7 Å². The van der Waals surface area contributed by atoms with Crippen LogP contribution in [0.15, 0.2) is 17.0 Å². The molecule has 3 N–H and O–H groups in total. The number of sulfonamides is 1. The number of hydrogen-bond donors (Lipinski definition) is 2. The summed E-state index contributed by atoms with van der Waals surface area (Å²) in [6.45, 7) is 3.58. The molecular weight excluding hydrogens is 260 g/mol. The molecule has 1 aliphatic carbocycles. The number of nitrogens with one attached hydrogen (secondary N) is 1. The van der Waals surface area contributed by atoms with Gasteiger partial charge < -0.3 is 5.73 Å². The molecule has 0 unspecified atom stereocenters. The first kappa shape index (κ1) is 14.3. The van der Waals surface area contributed by atoms with E-state index in [-0.39, 0.29) is 6.04 Å². The lowest BCUT2D eigenvalue weighted by molar-refractivity contribution is 0.412. The van der Waals surface area contributed by atoms with Gasteiger partial charge >= 0.3 is 0 Å². The smallest absolute Gasteiger partial charge is 0.241 e. The van der Waals surface area contributed by atoms with E-state index in [1.165, 1.54) is 6.42 Å². The lowest BCUT2D eigenvalue weighted by Gasteiger charge is -2.23. The van der Waals surface area contributed by atoms with E-state index in [9.17, 15) is 8.42 Å². The third kappa shape index (κ3) is 3.28. The Morgan fingerprint density at radius 1 is 1.11 bits per heavy atom. The summed E-state index contributed by atoms with van der Waals surface area (Å²) in [5, 5.41) is 0. The standard InChI is InChI=1S/C14H22N2O2S/c1-10-8-12(15)9-11(2)14(10)19(17,18)16-13-6-4-3-5-7-13/h8-9,13,16H,3-7,15H2,1-2H3. The van der Waals surface area contributed by atoms with E-state index >= 15 is 0 Å². The number of nitrogen functional groups attached to an aromatic ring is 1. The van der Waals surface area contributed by atoms with E-state index in [0.717, 1.165) is 25.7 Å². The molecule has 1 aliphatic rings. The lowest BCUT2D eigenvalue weighted by atomic mass is 9.96. The summed E-state index contributed by atoms with van der Waals surface area (Å²) in [6.07, 6.45) is 5.29. The van der Waals surface area contributed by atoms with Crippen molar-refractivity contribution in [3.63, 3.8) is 0 Å². The number of aryl methyl sites for hydroxylation is 2. The zero-order chi connectivity index (χ0) is 14.0. The minimum atomic E-state index is -3.44. The van der Waals surface area contributed by atoms with Crippen molar-refractivity contribution in [1.29, 1.82) is 0 Å². The van der Waals surface area contributed by atoms with E-state index in [1.807, 2.05) is 0 Å². The molecule has 0 radical (unpaired) electrons. The Hall–Kier alpha value is -1.07. The van der Waals surface area contributed by atoms with Gasteiger partial charge in [-0.3, -0.25) is 0 Å². The van der Waals surface area contributed by atoms with Gasteiger partial charge in [0, 0.05) is 11.7 Å². The van der Waals surface area contributed by atoms with Crippen LogP contribution in [-0.2, 0) is 10.0 Å². The lowest BCUT2D eigenvalue weighted by Crippen LogP contribution is -2.36. The molecule has 5 heteroatoms. The molecule has 0 aliphatic heterocycles. The van der Waals surface area contributed by atoms with E-state index in [2.05, 4.69) is 4.72 Å². The zero-order valence-corrected chi connectivity index (χ0v) is 12.4. The van der Waals surface area contributed by atoms with Gasteiger partial charge in [-0.05, 0) is 49.9 Å². The highest BCUT2D eigenvalue weighted by molar-refractivity contribution is 7.89. The van der Waals surface area contributed by atoms with Crippen molar-refractivity contribution in [2.45, 2.75) is 56.9 Å². The fourth-order valence-corrected chi connectivity index (χ4v) is 4.66. The van der Waals surface area contributed by atoms with Gasteiger partial charge in [0.05, 0.1) is 4.90 Å². The second-order valence-electron chi connectivity index (χ2n) is 5.44. The third-order valence-corrected chi connectivity index (χ3v) is 5.50. The Kier molecular flexibility index (Phi) is 4.16. The molecular formula is C14H22N2O2S. The molecule has 0 atom stereocenters. The average Bonchev–Trinajstić information content (AvgIpc) is 2.27. The van der Waals surface area contributed by atoms with Gasteiger partial charge in [-0.1, -0.05) is 19.3 Å². The van der Waals surface area contributed by atoms with Gasteiger partial charge in [0.15, 0.2) is 0 Å². The van der Waals surface area contributed by atoms with Gasteiger partial charge in [0.1, 0.15) is 0 Å². The topological polar surface area (TPSA) is 72.2 Å². The molecule has 19 heavy (non-hydrogen) atoms. The molecule has 1 fully saturated rings. The van der Waals surface area contributed by atoms with Crippen LogP contribution in [0, 0.1) is 13.8 Å². The zero-order valence-electron chi connectivity index (χ0n) is 11.6. The molecule has 4 nitrogen and oxygen atoms in total. The fourth-order valence-electron chi connectivity index (χ4n) is 2.91. The number of nitrogens with two attached hydrogens (primary N) is 1. The van der Waals surface area contributed by atoms with Crippen molar-refractivity contribution < 1.29 is 8.42 Å². The SMILES string of the molecule is Cc1cc(N)cc(C)c1S(=O)(=O)NC1CCCCC1. The summed E-state index contributed by atoms with van der Waals surface area (Å²) in [7, 11) is -3.44. The van der Waals surface area contributed by atoms with Gasteiger partial charge in [0.2, 0.25) is 10.0 Å². The van der Waals surface area contributed by atoms with Gasteiger partial charge in [0.25, 0.3) is 0 Å². The van der Waals surface area contributed by atoms with E-state index in [0.29, 0.717) is 21.7 Å². The Bertz CT molecular complexity index is 538. The van der Waals surface area contributed by atoms with Crippen LogP contribution in [0.3, 0.4) is 0 Å². The van der Waals surface area contributed by atoms with Crippen LogP contribution in [0.2, 0.25) is 0 Å². The Labute approximate surface area is 115 Å². The molecule has 0 amide bonds. The van der Waals surface area contributed by atoms with Gasteiger partial charge in [-0.25, -0.2) is 13.1 Å². The van der Waals surface area contributed by atoms with Crippen LogP contribution in [-0.4, -0.2) is 14.5 Å². The predicted octanol–water partition coefficient (Wildman–Crippen LogP) is 2.50. The second kappa shape index (κ2) is 5.51. The van der Waals surface area contributed by atoms with Crippen molar-refractivity contribution in [2.75, 3.05) is 5.73 Å². The first-order valence-electron chi connectivity index (χ1n) is 6.79. The highest BCUT2D eigenvalue weighted by Gasteiger charge is 2.24. The molecule has 0 spiro atoms. The summed E-state index contributed by atoms with van der Waals surface area (Å²) in [5.74, 6) is 0. The first-order valence-corrected chi connectivity index (χ1v) is 8.27. The molecule has 1 saturated carbocycles. The van der Waals surface area contributed by atoms with Crippen LogP contribution in [0.5, 0.6) is 0 Å². The molecule has 0 heterocycles. The van der Waals surface area contributed by atoms with Crippen LogP contribution >= 0.6 is 0 Å². The van der Waals surface area contributed by atoms with Crippen molar-refractivity contribution in [1.82, 2.24) is 4.72 Å². The maximum Gasteiger partial charge on any atom is 0.241 e. The summed E-state index contributed by atoms with van der Waals surface area (Å²) in [4.78, 5) is 0.382. The Morgan fingerprint density at radius 3 is 2.16 bits per heavy atom. The summed E-state index contributed by atoms with van der Waals surface area (Å²) >= 11 is 0. The third-order valence-electron chi connectivity index (χ3n) is 3.68. The molecule has 0 saturated heterocycles. The van der Waals surface area contributed by atoms with E-state index in [4.69, 9.17) is 5.73 Å². The normalized spacial score (nSPS) is 17.6. The second-order valence-corrected chi connectivity index (χ2v) is 7.09. The number of anilines is 1. The van der Waals surface area contributed by atoms with Gasteiger partial charge in [-0.15, -0.1) is 0 Å². The van der Waals surface area contributed by atoms with Crippen molar-refractivity contribution in [3.05, 3.63) is 23.3 Å². The highest BCUT2D eigenvalue weighted by atomic mass is 32.2. The van der Waals surface area contributed by atoms with E-state index < -0.39 is 10.0 Å². The fraction of sp³-hybridized carbons (Fsp3) is 0.571. The number of hydrogen-bond acceptors (Lipinski definition) is 3. The van der Waals surface area contributed by atoms with Crippen LogP contribution < -0.4 is 10.5 Å². The molecule has 1 aromatic rings. The van der Waals surface area contributed by atoms with Crippen LogP contribution in [0.1, 0.15) is 43.2 Å². The first-order chi connectivity index (χ1) is 8.90. The van der Waals surface area contributed by atoms with Crippen molar-refractivity contribution in [2.24, 2.45) is 0 Å². The van der Waals surface area contributed by atoms with E-state index in [1.54, 1.807) is 26.0 Å². The van der Waals surface area contributed by atoms with Crippen LogP contribution in [0.4, 0.5) is 5.69 Å². The maximum atomic E-state index is 12.5. The van der Waals surface area contributed by atoms with Gasteiger partial charge in [-0.2, -0.15) is 0 Å². The number of rotatable bonds is 3. The largest absolute Gasteiger partial charge is 0.399 e. The molecule has 0 aromatic heterocycles. The highest BCUT2D eigenvalue weighted by Crippen LogP contribution is 2.25. The summed E-state index contributed by atoms with van der Waals surface area (Å²) in [6, 6.07) is 3.50. The predicted molar refractivity (Wildman–Crippen MR) is 77.5 cm³/mol. The minimum Gasteiger partial charge on any atom is -0.399 e. The molecule has 1 aromatic carbocycles.